The highest BCUT2D eigenvalue weighted by molar-refractivity contribution is 5.92. The number of nitrogens with two attached hydrogens (primary N) is 1. The van der Waals surface area contributed by atoms with Crippen molar-refractivity contribution in [3.05, 3.63) is 18.2 Å². The van der Waals surface area contributed by atoms with Crippen molar-refractivity contribution < 1.29 is 14.3 Å². The van der Waals surface area contributed by atoms with E-state index >= 15 is 0 Å². The van der Waals surface area contributed by atoms with Crippen LogP contribution in [0.3, 0.4) is 0 Å². The lowest BCUT2D eigenvalue weighted by Gasteiger charge is -2.13. The first kappa shape index (κ1) is 14.3. The van der Waals surface area contributed by atoms with Gasteiger partial charge in [0.15, 0.2) is 0 Å². The SMILES string of the molecule is COc1ccc(NC(=O)CC(C)CN)c(OC)c1. The maximum atomic E-state index is 11.8. The third-order valence-corrected chi connectivity index (χ3v) is 2.62. The molecular formula is C13H20N2O3. The predicted octanol–water partition coefficient (Wildman–Crippen LogP) is 1.63. The van der Waals surface area contributed by atoms with Gasteiger partial charge in [0.1, 0.15) is 11.5 Å². The highest BCUT2D eigenvalue weighted by Crippen LogP contribution is 2.29. The lowest BCUT2D eigenvalue weighted by Crippen LogP contribution is -2.20. The van der Waals surface area contributed by atoms with E-state index in [4.69, 9.17) is 15.2 Å². The molecule has 0 aliphatic rings. The number of methoxy groups -OCH3 is 2. The van der Waals surface area contributed by atoms with E-state index in [2.05, 4.69) is 5.32 Å². The first-order valence-electron chi connectivity index (χ1n) is 5.82. The van der Waals surface area contributed by atoms with Gasteiger partial charge in [-0.15, -0.1) is 0 Å². The monoisotopic (exact) mass is 252 g/mol. The van der Waals surface area contributed by atoms with Crippen LogP contribution in [0.25, 0.3) is 0 Å². The van der Waals surface area contributed by atoms with Crippen LogP contribution < -0.4 is 20.5 Å². The van der Waals surface area contributed by atoms with Crippen LogP contribution in [0.2, 0.25) is 0 Å². The Hall–Kier alpha value is -1.75. The number of carbonyl (C=O) groups is 1. The fourth-order valence-corrected chi connectivity index (χ4v) is 1.50. The fourth-order valence-electron chi connectivity index (χ4n) is 1.50. The maximum absolute atomic E-state index is 11.8. The number of nitrogens with one attached hydrogen (secondary N) is 1. The van der Waals surface area contributed by atoms with Gasteiger partial charge in [0.05, 0.1) is 19.9 Å². The average molecular weight is 252 g/mol. The zero-order valence-electron chi connectivity index (χ0n) is 11.0. The van der Waals surface area contributed by atoms with Gasteiger partial charge in [0.25, 0.3) is 0 Å². The number of hydrogen-bond donors (Lipinski definition) is 2. The molecule has 1 unspecified atom stereocenters. The van der Waals surface area contributed by atoms with Crippen molar-refractivity contribution in [1.82, 2.24) is 0 Å². The van der Waals surface area contributed by atoms with Gasteiger partial charge in [-0.3, -0.25) is 4.79 Å². The standard InChI is InChI=1S/C13H20N2O3/c1-9(8-14)6-13(16)15-11-5-4-10(17-2)7-12(11)18-3/h4-5,7,9H,6,8,14H2,1-3H3,(H,15,16). The molecule has 0 fully saturated rings. The Balaban J connectivity index is 2.74. The van der Waals surface area contributed by atoms with Crippen LogP contribution in [0, 0.1) is 5.92 Å². The minimum atomic E-state index is -0.0728. The van der Waals surface area contributed by atoms with Crippen molar-refractivity contribution in [2.75, 3.05) is 26.1 Å². The first-order valence-corrected chi connectivity index (χ1v) is 5.82. The van der Waals surface area contributed by atoms with E-state index in [1.54, 1.807) is 32.4 Å². The number of ether oxygens (including phenoxy) is 2. The van der Waals surface area contributed by atoms with Crippen LogP contribution >= 0.6 is 0 Å². The largest absolute Gasteiger partial charge is 0.497 e. The molecule has 1 aromatic rings. The number of anilines is 1. The predicted molar refractivity (Wildman–Crippen MR) is 71.0 cm³/mol. The highest BCUT2D eigenvalue weighted by atomic mass is 16.5. The lowest BCUT2D eigenvalue weighted by molar-refractivity contribution is -0.116. The van der Waals surface area contributed by atoms with Crippen molar-refractivity contribution >= 4 is 11.6 Å². The Kier molecular flexibility index (Phi) is 5.45. The van der Waals surface area contributed by atoms with E-state index < -0.39 is 0 Å². The minimum absolute atomic E-state index is 0.0728. The molecule has 0 aliphatic carbocycles. The zero-order valence-corrected chi connectivity index (χ0v) is 11.0. The molecule has 1 aromatic carbocycles. The average Bonchev–Trinajstić information content (AvgIpc) is 2.38. The Morgan fingerprint density at radius 1 is 1.39 bits per heavy atom. The molecule has 5 nitrogen and oxygen atoms in total. The van der Waals surface area contributed by atoms with Crippen molar-refractivity contribution in [3.8, 4) is 11.5 Å². The van der Waals surface area contributed by atoms with Gasteiger partial charge in [0.2, 0.25) is 5.91 Å². The second-order valence-electron chi connectivity index (χ2n) is 4.16. The maximum Gasteiger partial charge on any atom is 0.224 e. The second-order valence-corrected chi connectivity index (χ2v) is 4.16. The molecule has 1 amide bonds. The molecule has 3 N–H and O–H groups in total. The van der Waals surface area contributed by atoms with E-state index in [9.17, 15) is 4.79 Å². The molecule has 5 heteroatoms. The summed E-state index contributed by atoms with van der Waals surface area (Å²) in [7, 11) is 3.13. The summed E-state index contributed by atoms with van der Waals surface area (Å²) in [5.74, 6) is 1.34. The number of hydrogen-bond acceptors (Lipinski definition) is 4. The normalized spacial score (nSPS) is 11.8. The summed E-state index contributed by atoms with van der Waals surface area (Å²) in [6.07, 6.45) is 0.395. The Bertz CT molecular complexity index is 407. The van der Waals surface area contributed by atoms with Crippen LogP contribution in [0.4, 0.5) is 5.69 Å². The molecule has 0 saturated carbocycles. The summed E-state index contributed by atoms with van der Waals surface area (Å²) in [4.78, 5) is 11.8. The molecule has 0 bridgehead atoms. The van der Waals surface area contributed by atoms with Crippen LogP contribution in [-0.2, 0) is 4.79 Å². The van der Waals surface area contributed by atoms with E-state index in [0.717, 1.165) is 0 Å². The second kappa shape index (κ2) is 6.86. The number of carbonyl (C=O) groups excluding carboxylic acids is 1. The third kappa shape index (κ3) is 3.92. The lowest BCUT2D eigenvalue weighted by atomic mass is 10.1. The molecule has 100 valence electrons. The van der Waals surface area contributed by atoms with Gasteiger partial charge in [-0.2, -0.15) is 0 Å². The molecule has 0 saturated heterocycles. The van der Waals surface area contributed by atoms with Crippen LogP contribution in [0.5, 0.6) is 11.5 Å². The Morgan fingerprint density at radius 3 is 2.67 bits per heavy atom. The summed E-state index contributed by atoms with van der Waals surface area (Å²) < 4.78 is 10.3. The third-order valence-electron chi connectivity index (χ3n) is 2.62. The first-order chi connectivity index (χ1) is 8.60. The molecule has 1 rings (SSSR count). The van der Waals surface area contributed by atoms with Crippen molar-refractivity contribution in [3.63, 3.8) is 0 Å². The Morgan fingerprint density at radius 2 is 2.11 bits per heavy atom. The van der Waals surface area contributed by atoms with Gasteiger partial charge in [-0.05, 0) is 24.6 Å². The summed E-state index contributed by atoms with van der Waals surface area (Å²) in [6, 6.07) is 5.25. The number of benzene rings is 1. The van der Waals surface area contributed by atoms with Crippen LogP contribution in [-0.4, -0.2) is 26.7 Å². The van der Waals surface area contributed by atoms with Crippen molar-refractivity contribution in [2.24, 2.45) is 11.7 Å². The van der Waals surface area contributed by atoms with Gasteiger partial charge >= 0.3 is 0 Å². The summed E-state index contributed by atoms with van der Waals surface area (Å²) >= 11 is 0. The molecular weight excluding hydrogens is 232 g/mol. The molecule has 0 heterocycles. The van der Waals surface area contributed by atoms with Gasteiger partial charge < -0.3 is 20.5 Å². The van der Waals surface area contributed by atoms with E-state index in [1.165, 1.54) is 0 Å². The van der Waals surface area contributed by atoms with Gasteiger partial charge in [-0.1, -0.05) is 6.92 Å². The highest BCUT2D eigenvalue weighted by Gasteiger charge is 2.11. The molecule has 0 radical (unpaired) electrons. The Labute approximate surface area is 107 Å². The molecule has 0 spiro atoms. The van der Waals surface area contributed by atoms with Crippen molar-refractivity contribution in [1.29, 1.82) is 0 Å². The molecule has 0 aliphatic heterocycles. The van der Waals surface area contributed by atoms with Gasteiger partial charge in [0, 0.05) is 12.5 Å². The number of rotatable bonds is 6. The van der Waals surface area contributed by atoms with Crippen LogP contribution in [0.15, 0.2) is 18.2 Å². The molecule has 18 heavy (non-hydrogen) atoms. The molecule has 0 aromatic heterocycles. The summed E-state index contributed by atoms with van der Waals surface area (Å²) in [5.41, 5.74) is 6.12. The minimum Gasteiger partial charge on any atom is -0.497 e. The zero-order chi connectivity index (χ0) is 13.5. The van der Waals surface area contributed by atoms with E-state index in [1.807, 2.05) is 6.92 Å². The quantitative estimate of drug-likeness (QED) is 0.807. The smallest absolute Gasteiger partial charge is 0.224 e. The fraction of sp³-hybridized carbons (Fsp3) is 0.462. The molecule has 1 atom stereocenters. The van der Waals surface area contributed by atoms with Crippen LogP contribution in [0.1, 0.15) is 13.3 Å². The van der Waals surface area contributed by atoms with Gasteiger partial charge in [-0.25, -0.2) is 0 Å². The summed E-state index contributed by atoms with van der Waals surface area (Å²) in [5, 5.41) is 2.80. The van der Waals surface area contributed by atoms with Crippen molar-refractivity contribution in [2.45, 2.75) is 13.3 Å². The topological polar surface area (TPSA) is 73.6 Å². The summed E-state index contributed by atoms with van der Waals surface area (Å²) in [6.45, 7) is 2.43. The number of amides is 1. The van der Waals surface area contributed by atoms with E-state index in [0.29, 0.717) is 30.2 Å². The van der Waals surface area contributed by atoms with E-state index in [-0.39, 0.29) is 11.8 Å².